The minimum absolute atomic E-state index is 0.237. The molecule has 0 fully saturated rings. The Hall–Kier alpha value is -0.600. The quantitative estimate of drug-likeness (QED) is 0.616. The molecule has 1 nitrogen and oxygen atoms in total. The maximum Gasteiger partial charge on any atom is 0.0580 e. The standard InChI is InChI=1S/C13H17BrO/c1-2-3-4-8-13(15)10-11-6-5-7-12(14)9-11/h2,5-7,9,13,15H,1,3-4,8,10H2. The molecule has 0 saturated heterocycles. The van der Waals surface area contributed by atoms with Crippen molar-refractivity contribution >= 4 is 15.9 Å². The summed E-state index contributed by atoms with van der Waals surface area (Å²) in [5.74, 6) is 0. The van der Waals surface area contributed by atoms with Crippen molar-refractivity contribution in [1.82, 2.24) is 0 Å². The molecule has 0 spiro atoms. The van der Waals surface area contributed by atoms with E-state index in [9.17, 15) is 5.11 Å². The third-order valence-corrected chi connectivity index (χ3v) is 2.80. The predicted octanol–water partition coefficient (Wildman–Crippen LogP) is 3.71. The Kier molecular flexibility index (Phi) is 5.66. The summed E-state index contributed by atoms with van der Waals surface area (Å²) in [7, 11) is 0. The molecule has 1 unspecified atom stereocenters. The van der Waals surface area contributed by atoms with Crippen molar-refractivity contribution in [2.45, 2.75) is 31.8 Å². The molecule has 1 aromatic rings. The van der Waals surface area contributed by atoms with Crippen molar-refractivity contribution in [2.75, 3.05) is 0 Å². The zero-order chi connectivity index (χ0) is 11.1. The highest BCUT2D eigenvalue weighted by Gasteiger charge is 2.04. The fourth-order valence-electron chi connectivity index (χ4n) is 1.54. The van der Waals surface area contributed by atoms with Crippen LogP contribution in [0.4, 0.5) is 0 Å². The topological polar surface area (TPSA) is 20.2 Å². The second kappa shape index (κ2) is 6.81. The molecule has 0 heterocycles. The molecule has 15 heavy (non-hydrogen) atoms. The van der Waals surface area contributed by atoms with Crippen molar-refractivity contribution < 1.29 is 5.11 Å². The predicted molar refractivity (Wildman–Crippen MR) is 67.9 cm³/mol. The van der Waals surface area contributed by atoms with Crippen LogP contribution in [0, 0.1) is 0 Å². The van der Waals surface area contributed by atoms with Crippen molar-refractivity contribution in [3.05, 3.63) is 47.0 Å². The van der Waals surface area contributed by atoms with Gasteiger partial charge in [-0.3, -0.25) is 0 Å². The van der Waals surface area contributed by atoms with Gasteiger partial charge in [0.2, 0.25) is 0 Å². The van der Waals surface area contributed by atoms with Crippen molar-refractivity contribution in [3.8, 4) is 0 Å². The van der Waals surface area contributed by atoms with Gasteiger partial charge in [-0.2, -0.15) is 0 Å². The molecule has 2 heteroatoms. The van der Waals surface area contributed by atoms with E-state index in [-0.39, 0.29) is 6.10 Å². The highest BCUT2D eigenvalue weighted by molar-refractivity contribution is 9.10. The Balaban J connectivity index is 2.37. The van der Waals surface area contributed by atoms with Crippen LogP contribution < -0.4 is 0 Å². The van der Waals surface area contributed by atoms with E-state index in [2.05, 4.69) is 28.6 Å². The van der Waals surface area contributed by atoms with Gasteiger partial charge in [-0.15, -0.1) is 6.58 Å². The maximum absolute atomic E-state index is 9.77. The van der Waals surface area contributed by atoms with Gasteiger partial charge >= 0.3 is 0 Å². The summed E-state index contributed by atoms with van der Waals surface area (Å²) in [6.07, 6.45) is 5.23. The third kappa shape index (κ3) is 5.14. The van der Waals surface area contributed by atoms with Crippen molar-refractivity contribution in [2.24, 2.45) is 0 Å². The molecular formula is C13H17BrO. The Labute approximate surface area is 100.0 Å². The summed E-state index contributed by atoms with van der Waals surface area (Å²) < 4.78 is 1.07. The molecule has 0 aromatic heterocycles. The van der Waals surface area contributed by atoms with E-state index in [1.54, 1.807) is 0 Å². The highest BCUT2D eigenvalue weighted by Crippen LogP contribution is 2.14. The fourth-order valence-corrected chi connectivity index (χ4v) is 1.98. The van der Waals surface area contributed by atoms with Crippen LogP contribution in [-0.2, 0) is 6.42 Å². The third-order valence-electron chi connectivity index (χ3n) is 2.31. The van der Waals surface area contributed by atoms with Gasteiger partial charge in [-0.1, -0.05) is 34.1 Å². The normalized spacial score (nSPS) is 12.4. The van der Waals surface area contributed by atoms with Crippen LogP contribution >= 0.6 is 15.9 Å². The second-order valence-electron chi connectivity index (χ2n) is 3.71. The first-order chi connectivity index (χ1) is 7.22. The van der Waals surface area contributed by atoms with Crippen LogP contribution in [0.5, 0.6) is 0 Å². The SMILES string of the molecule is C=CCCCC(O)Cc1cccc(Br)c1. The Morgan fingerprint density at radius 1 is 1.47 bits per heavy atom. The number of rotatable bonds is 6. The van der Waals surface area contributed by atoms with Crippen LogP contribution in [0.25, 0.3) is 0 Å². The number of allylic oxidation sites excluding steroid dienone is 1. The smallest absolute Gasteiger partial charge is 0.0580 e. The largest absolute Gasteiger partial charge is 0.393 e. The lowest BCUT2D eigenvalue weighted by molar-refractivity contribution is 0.162. The summed E-state index contributed by atoms with van der Waals surface area (Å²) >= 11 is 3.42. The lowest BCUT2D eigenvalue weighted by Gasteiger charge is -2.09. The molecule has 1 atom stereocenters. The molecule has 1 N–H and O–H groups in total. The zero-order valence-electron chi connectivity index (χ0n) is 8.82. The summed E-state index contributed by atoms with van der Waals surface area (Å²) in [4.78, 5) is 0. The lowest BCUT2D eigenvalue weighted by atomic mass is 10.0. The van der Waals surface area contributed by atoms with Crippen molar-refractivity contribution in [3.63, 3.8) is 0 Å². The number of hydrogen-bond donors (Lipinski definition) is 1. The number of aliphatic hydroxyl groups excluding tert-OH is 1. The minimum atomic E-state index is -0.237. The molecule has 1 aromatic carbocycles. The summed E-state index contributed by atoms with van der Waals surface area (Å²) in [5.41, 5.74) is 1.18. The molecule has 0 saturated carbocycles. The minimum Gasteiger partial charge on any atom is -0.393 e. The lowest BCUT2D eigenvalue weighted by Crippen LogP contribution is -2.09. The van der Waals surface area contributed by atoms with Gasteiger partial charge in [0, 0.05) is 4.47 Å². The first kappa shape index (κ1) is 12.5. The Bertz CT molecular complexity index is 309. The van der Waals surface area contributed by atoms with E-state index < -0.39 is 0 Å². The van der Waals surface area contributed by atoms with Gasteiger partial charge in [0.05, 0.1) is 6.10 Å². The van der Waals surface area contributed by atoms with E-state index >= 15 is 0 Å². The fraction of sp³-hybridized carbons (Fsp3) is 0.385. The average Bonchev–Trinajstić information content (AvgIpc) is 2.18. The van der Waals surface area contributed by atoms with Gasteiger partial charge in [0.15, 0.2) is 0 Å². The first-order valence-corrected chi connectivity index (χ1v) is 6.05. The van der Waals surface area contributed by atoms with Crippen LogP contribution in [0.3, 0.4) is 0 Å². The van der Waals surface area contributed by atoms with Gasteiger partial charge in [-0.05, 0) is 43.4 Å². The van der Waals surface area contributed by atoms with Crippen LogP contribution in [0.2, 0.25) is 0 Å². The molecule has 0 aliphatic heterocycles. The van der Waals surface area contributed by atoms with Crippen LogP contribution in [-0.4, -0.2) is 11.2 Å². The van der Waals surface area contributed by atoms with Gasteiger partial charge in [-0.25, -0.2) is 0 Å². The Morgan fingerprint density at radius 2 is 2.27 bits per heavy atom. The number of halogens is 1. The maximum atomic E-state index is 9.77. The number of hydrogen-bond acceptors (Lipinski definition) is 1. The first-order valence-electron chi connectivity index (χ1n) is 5.26. The number of unbranched alkanes of at least 4 members (excludes halogenated alkanes) is 1. The molecule has 0 aliphatic carbocycles. The molecule has 82 valence electrons. The highest BCUT2D eigenvalue weighted by atomic mass is 79.9. The van der Waals surface area contributed by atoms with Gasteiger partial charge < -0.3 is 5.11 Å². The van der Waals surface area contributed by atoms with E-state index in [0.717, 1.165) is 30.2 Å². The summed E-state index contributed by atoms with van der Waals surface area (Å²) in [5, 5.41) is 9.77. The van der Waals surface area contributed by atoms with Gasteiger partial charge in [0.25, 0.3) is 0 Å². The van der Waals surface area contributed by atoms with E-state index in [0.29, 0.717) is 0 Å². The molecule has 0 amide bonds. The number of aliphatic hydroxyl groups is 1. The van der Waals surface area contributed by atoms with E-state index in [4.69, 9.17) is 0 Å². The zero-order valence-corrected chi connectivity index (χ0v) is 10.4. The van der Waals surface area contributed by atoms with E-state index in [1.807, 2.05) is 24.3 Å². The molecule has 0 aliphatic rings. The van der Waals surface area contributed by atoms with Crippen molar-refractivity contribution in [1.29, 1.82) is 0 Å². The summed E-state index contributed by atoms with van der Waals surface area (Å²) in [6.45, 7) is 3.67. The van der Waals surface area contributed by atoms with Gasteiger partial charge in [0.1, 0.15) is 0 Å². The number of benzene rings is 1. The monoisotopic (exact) mass is 268 g/mol. The van der Waals surface area contributed by atoms with E-state index in [1.165, 1.54) is 5.56 Å². The molecular weight excluding hydrogens is 252 g/mol. The molecule has 0 bridgehead atoms. The Morgan fingerprint density at radius 3 is 2.93 bits per heavy atom. The molecule has 1 rings (SSSR count). The average molecular weight is 269 g/mol. The van der Waals surface area contributed by atoms with Crippen LogP contribution in [0.1, 0.15) is 24.8 Å². The van der Waals surface area contributed by atoms with Crippen LogP contribution in [0.15, 0.2) is 41.4 Å². The molecule has 0 radical (unpaired) electrons. The second-order valence-corrected chi connectivity index (χ2v) is 4.62. The summed E-state index contributed by atoms with van der Waals surface area (Å²) in [6, 6.07) is 8.08.